The van der Waals surface area contributed by atoms with Crippen LogP contribution in [-0.2, 0) is 27.1 Å². The van der Waals surface area contributed by atoms with Gasteiger partial charge in [0.2, 0.25) is 12.2 Å². The van der Waals surface area contributed by atoms with Crippen molar-refractivity contribution in [2.24, 2.45) is 11.7 Å². The van der Waals surface area contributed by atoms with Crippen molar-refractivity contribution in [1.82, 2.24) is 9.88 Å². The number of ether oxygens (including phenoxy) is 2. The predicted octanol–water partition coefficient (Wildman–Crippen LogP) is 1.33. The van der Waals surface area contributed by atoms with Crippen LogP contribution in [0.4, 0.5) is 5.82 Å². The van der Waals surface area contributed by atoms with Crippen molar-refractivity contribution in [2.75, 3.05) is 46.7 Å². The molecule has 25 heavy (non-hydrogen) atoms. The van der Waals surface area contributed by atoms with E-state index in [0.29, 0.717) is 18.5 Å². The fourth-order valence-electron chi connectivity index (χ4n) is 3.16. The maximum absolute atomic E-state index is 11.9. The molecule has 7 nitrogen and oxygen atoms in total. The summed E-state index contributed by atoms with van der Waals surface area (Å²) in [7, 11) is 7.15. The third kappa shape index (κ3) is 5.14. The lowest BCUT2D eigenvalue weighted by Gasteiger charge is -2.24. The van der Waals surface area contributed by atoms with E-state index in [1.54, 1.807) is 14.2 Å². The number of hydrogen-bond acceptors (Lipinski definition) is 6. The van der Waals surface area contributed by atoms with Gasteiger partial charge < -0.3 is 25.4 Å². The number of amides is 1. The van der Waals surface area contributed by atoms with Crippen molar-refractivity contribution in [1.29, 1.82) is 0 Å². The molecule has 0 saturated carbocycles. The molecule has 1 aromatic rings. The lowest BCUT2D eigenvalue weighted by Crippen LogP contribution is -2.29. The van der Waals surface area contributed by atoms with E-state index in [1.807, 2.05) is 14.1 Å². The van der Waals surface area contributed by atoms with Crippen LogP contribution in [0.1, 0.15) is 36.0 Å². The number of aryl methyl sites for hydroxylation is 1. The molecule has 0 fully saturated rings. The summed E-state index contributed by atoms with van der Waals surface area (Å²) in [6, 6.07) is 2.13. The molecule has 0 bridgehead atoms. The highest BCUT2D eigenvalue weighted by molar-refractivity contribution is 5.77. The predicted molar refractivity (Wildman–Crippen MR) is 97.4 cm³/mol. The topological polar surface area (TPSA) is 89.7 Å². The highest BCUT2D eigenvalue weighted by Gasteiger charge is 2.25. The van der Waals surface area contributed by atoms with Crippen LogP contribution in [0.15, 0.2) is 6.07 Å². The number of primary amides is 1. The maximum atomic E-state index is 11.9. The Morgan fingerprint density at radius 1 is 1.40 bits per heavy atom. The Morgan fingerprint density at radius 2 is 2.12 bits per heavy atom. The first kappa shape index (κ1) is 19.6. The number of nitrogens with one attached hydrogen (secondary N) is 1. The molecular formula is C18H30N4O3. The summed E-state index contributed by atoms with van der Waals surface area (Å²) in [5.74, 6) is 0.356. The van der Waals surface area contributed by atoms with E-state index in [-0.39, 0.29) is 11.8 Å². The van der Waals surface area contributed by atoms with Crippen LogP contribution < -0.4 is 11.1 Å². The quantitative estimate of drug-likeness (QED) is 0.653. The number of anilines is 1. The molecule has 1 atom stereocenters. The first-order valence-corrected chi connectivity index (χ1v) is 8.72. The average molecular weight is 350 g/mol. The maximum Gasteiger partial charge on any atom is 0.220 e. The van der Waals surface area contributed by atoms with Gasteiger partial charge in [-0.1, -0.05) is 6.07 Å². The monoisotopic (exact) mass is 350 g/mol. The number of nitrogens with two attached hydrogens (primary N) is 1. The summed E-state index contributed by atoms with van der Waals surface area (Å²) in [5, 5.41) is 3.33. The van der Waals surface area contributed by atoms with Gasteiger partial charge in [0.15, 0.2) is 0 Å². The number of fused-ring (bicyclic) bond motifs is 1. The molecule has 0 radical (unpaired) electrons. The third-order valence-corrected chi connectivity index (χ3v) is 4.57. The third-order valence-electron chi connectivity index (χ3n) is 4.57. The number of nitrogens with zero attached hydrogens (tertiary/aromatic N) is 2. The molecule has 0 aliphatic carbocycles. The lowest BCUT2D eigenvalue weighted by atomic mass is 9.92. The molecule has 1 unspecified atom stereocenters. The number of carbonyl (C=O) groups excluding carboxylic acids is 1. The molecule has 0 spiro atoms. The highest BCUT2D eigenvalue weighted by Crippen LogP contribution is 2.29. The second-order valence-corrected chi connectivity index (χ2v) is 6.77. The standard InChI is InChI=1S/C18H30N4O3/c1-22(2)9-7-12(16(19)23)10-14-11-13-6-5-8-20-17(13)21-15(14)18(24-3)25-4/h11-12,18H,5-10H2,1-4H3,(H2,19,23)(H,20,21). The SMILES string of the molecule is COC(OC)c1nc2c(cc1CC(CCN(C)C)C(N)=O)CCCN2. The van der Waals surface area contributed by atoms with Crippen LogP contribution in [0.2, 0.25) is 0 Å². The molecule has 1 aliphatic heterocycles. The minimum absolute atomic E-state index is 0.244. The normalized spacial score (nSPS) is 15.1. The Hall–Kier alpha value is -1.70. The molecule has 1 aromatic heterocycles. The van der Waals surface area contributed by atoms with E-state index >= 15 is 0 Å². The van der Waals surface area contributed by atoms with Gasteiger partial charge in [0.1, 0.15) is 11.5 Å². The minimum atomic E-state index is -0.564. The Bertz CT molecular complexity index is 588. The van der Waals surface area contributed by atoms with Gasteiger partial charge in [-0.2, -0.15) is 0 Å². The first-order chi connectivity index (χ1) is 12.0. The molecule has 0 aromatic carbocycles. The minimum Gasteiger partial charge on any atom is -0.370 e. The number of carbonyl (C=O) groups is 1. The molecule has 0 saturated heterocycles. The molecule has 3 N–H and O–H groups in total. The Balaban J connectivity index is 2.33. The van der Waals surface area contributed by atoms with Crippen LogP contribution in [0.5, 0.6) is 0 Å². The molecule has 7 heteroatoms. The zero-order valence-electron chi connectivity index (χ0n) is 15.7. The van der Waals surface area contributed by atoms with Gasteiger partial charge in [0.25, 0.3) is 0 Å². The van der Waals surface area contributed by atoms with Crippen molar-refractivity contribution in [2.45, 2.75) is 32.0 Å². The smallest absolute Gasteiger partial charge is 0.220 e. The van der Waals surface area contributed by atoms with Crippen LogP contribution in [0.25, 0.3) is 0 Å². The number of aromatic nitrogens is 1. The van der Waals surface area contributed by atoms with E-state index in [0.717, 1.165) is 37.3 Å². The van der Waals surface area contributed by atoms with E-state index in [2.05, 4.69) is 16.3 Å². The Kier molecular flexibility index (Phi) is 7.16. The lowest BCUT2D eigenvalue weighted by molar-refractivity contribution is -0.122. The van der Waals surface area contributed by atoms with Crippen LogP contribution in [0, 0.1) is 5.92 Å². The van der Waals surface area contributed by atoms with E-state index in [4.69, 9.17) is 20.2 Å². The fourth-order valence-corrected chi connectivity index (χ4v) is 3.16. The molecule has 2 heterocycles. The van der Waals surface area contributed by atoms with Gasteiger partial charge in [-0.15, -0.1) is 0 Å². The second kappa shape index (κ2) is 9.12. The van der Waals surface area contributed by atoms with Crippen molar-refractivity contribution >= 4 is 11.7 Å². The average Bonchev–Trinajstić information content (AvgIpc) is 2.59. The van der Waals surface area contributed by atoms with Crippen molar-refractivity contribution in [3.05, 3.63) is 22.9 Å². The van der Waals surface area contributed by atoms with Gasteiger partial charge >= 0.3 is 0 Å². The number of pyridine rings is 1. The summed E-state index contributed by atoms with van der Waals surface area (Å²) in [6.45, 7) is 1.72. The van der Waals surface area contributed by atoms with Gasteiger partial charge in [0, 0.05) is 26.7 Å². The zero-order valence-corrected chi connectivity index (χ0v) is 15.7. The first-order valence-electron chi connectivity index (χ1n) is 8.72. The number of hydrogen-bond donors (Lipinski definition) is 2. The van der Waals surface area contributed by atoms with E-state index in [9.17, 15) is 4.79 Å². The van der Waals surface area contributed by atoms with E-state index in [1.165, 1.54) is 5.56 Å². The van der Waals surface area contributed by atoms with Crippen molar-refractivity contribution in [3.8, 4) is 0 Å². The number of rotatable bonds is 9. The van der Waals surface area contributed by atoms with Crippen LogP contribution in [0.3, 0.4) is 0 Å². The summed E-state index contributed by atoms with van der Waals surface area (Å²) in [5.41, 5.74) is 8.51. The van der Waals surface area contributed by atoms with Gasteiger partial charge in [0.05, 0.1) is 0 Å². The Morgan fingerprint density at radius 3 is 2.72 bits per heavy atom. The molecular weight excluding hydrogens is 320 g/mol. The molecule has 140 valence electrons. The van der Waals surface area contributed by atoms with Crippen LogP contribution in [-0.4, -0.2) is 57.2 Å². The van der Waals surface area contributed by atoms with Crippen molar-refractivity contribution < 1.29 is 14.3 Å². The molecule has 2 rings (SSSR count). The summed E-state index contributed by atoms with van der Waals surface area (Å²) in [6.07, 6.45) is 2.74. The van der Waals surface area contributed by atoms with Crippen LogP contribution >= 0.6 is 0 Å². The summed E-state index contributed by atoms with van der Waals surface area (Å²) < 4.78 is 10.8. The summed E-state index contributed by atoms with van der Waals surface area (Å²) >= 11 is 0. The largest absolute Gasteiger partial charge is 0.370 e. The van der Waals surface area contributed by atoms with Gasteiger partial charge in [-0.05, 0) is 57.5 Å². The number of methoxy groups -OCH3 is 2. The van der Waals surface area contributed by atoms with Gasteiger partial charge in [-0.25, -0.2) is 4.98 Å². The van der Waals surface area contributed by atoms with Gasteiger partial charge in [-0.3, -0.25) is 4.79 Å². The summed E-state index contributed by atoms with van der Waals surface area (Å²) in [4.78, 5) is 18.7. The Labute approximate surface area is 149 Å². The molecule has 1 aliphatic rings. The molecule has 1 amide bonds. The zero-order chi connectivity index (χ0) is 18.4. The second-order valence-electron chi connectivity index (χ2n) is 6.77. The van der Waals surface area contributed by atoms with E-state index < -0.39 is 6.29 Å². The highest BCUT2D eigenvalue weighted by atomic mass is 16.7. The van der Waals surface area contributed by atoms with Crippen molar-refractivity contribution in [3.63, 3.8) is 0 Å². The fraction of sp³-hybridized carbons (Fsp3) is 0.667.